The van der Waals surface area contributed by atoms with Crippen molar-refractivity contribution in [2.75, 3.05) is 19.8 Å². The van der Waals surface area contributed by atoms with Crippen molar-refractivity contribution < 1.29 is 24.5 Å². The summed E-state index contributed by atoms with van der Waals surface area (Å²) in [5.74, 6) is -0.154. The Bertz CT molecular complexity index is 974. The molecule has 3 aromatic rings. The number of rotatable bonds is 7. The van der Waals surface area contributed by atoms with E-state index >= 15 is 0 Å². The van der Waals surface area contributed by atoms with Crippen LogP contribution in [0.1, 0.15) is 32.8 Å². The smallest absolute Gasteiger partial charge is 0.313 e. The summed E-state index contributed by atoms with van der Waals surface area (Å²) in [6.07, 6.45) is 0.0466. The van der Waals surface area contributed by atoms with Crippen molar-refractivity contribution in [2.24, 2.45) is 0 Å². The van der Waals surface area contributed by atoms with Gasteiger partial charge in [0.25, 0.3) is 0 Å². The van der Waals surface area contributed by atoms with Crippen LogP contribution in [0, 0.1) is 0 Å². The lowest BCUT2D eigenvalue weighted by Crippen LogP contribution is -2.16. The largest absolute Gasteiger partial charge is 0.505 e. The lowest BCUT2D eigenvalue weighted by atomic mass is 9.86. The maximum absolute atomic E-state index is 12.1. The van der Waals surface area contributed by atoms with Gasteiger partial charge >= 0.3 is 5.97 Å². The molecule has 8 heteroatoms. The first-order valence-electron chi connectivity index (χ1n) is 9.39. The third-order valence-electron chi connectivity index (χ3n) is 4.29. The fourth-order valence-corrected chi connectivity index (χ4v) is 2.85. The van der Waals surface area contributed by atoms with Crippen molar-refractivity contribution in [1.29, 1.82) is 0 Å². The first-order valence-corrected chi connectivity index (χ1v) is 9.39. The predicted molar refractivity (Wildman–Crippen MR) is 107 cm³/mol. The highest BCUT2D eigenvalue weighted by Crippen LogP contribution is 2.38. The molecular formula is C21H25N3O5. The van der Waals surface area contributed by atoms with Crippen LogP contribution < -0.4 is 4.74 Å². The summed E-state index contributed by atoms with van der Waals surface area (Å²) in [6.45, 7) is 6.08. The molecule has 0 amide bonds. The average molecular weight is 399 g/mol. The number of aliphatic hydroxyl groups excluding tert-OH is 1. The summed E-state index contributed by atoms with van der Waals surface area (Å²) in [5.41, 5.74) is 1.90. The molecule has 0 aliphatic carbocycles. The van der Waals surface area contributed by atoms with Gasteiger partial charge in [0, 0.05) is 11.6 Å². The number of phenolic OH excluding ortho intramolecular Hbond substituents is 1. The van der Waals surface area contributed by atoms with Crippen LogP contribution in [0.15, 0.2) is 36.4 Å². The van der Waals surface area contributed by atoms with Crippen LogP contribution in [0.25, 0.3) is 16.7 Å². The van der Waals surface area contributed by atoms with Crippen LogP contribution in [0.2, 0.25) is 0 Å². The molecule has 1 aromatic heterocycles. The van der Waals surface area contributed by atoms with Gasteiger partial charge in [-0.2, -0.15) is 0 Å². The van der Waals surface area contributed by atoms with E-state index in [1.54, 1.807) is 6.07 Å². The maximum Gasteiger partial charge on any atom is 0.313 e. The summed E-state index contributed by atoms with van der Waals surface area (Å²) in [4.78, 5) is 13.5. The van der Waals surface area contributed by atoms with E-state index in [9.17, 15) is 9.90 Å². The number of aliphatic hydroxyl groups is 1. The van der Waals surface area contributed by atoms with Gasteiger partial charge in [0.15, 0.2) is 0 Å². The van der Waals surface area contributed by atoms with E-state index in [0.29, 0.717) is 22.3 Å². The monoisotopic (exact) mass is 399 g/mol. The van der Waals surface area contributed by atoms with Crippen molar-refractivity contribution in [3.63, 3.8) is 0 Å². The van der Waals surface area contributed by atoms with Crippen LogP contribution in [0.3, 0.4) is 0 Å². The summed E-state index contributed by atoms with van der Waals surface area (Å²) in [6, 6.07) is 10.6. The highest BCUT2D eigenvalue weighted by atomic mass is 16.5. The Balaban J connectivity index is 1.95. The van der Waals surface area contributed by atoms with Crippen molar-refractivity contribution in [3.05, 3.63) is 42.0 Å². The summed E-state index contributed by atoms with van der Waals surface area (Å²) >= 11 is 0. The number of hydrogen-bond donors (Lipinski definition) is 2. The summed E-state index contributed by atoms with van der Waals surface area (Å²) < 4.78 is 10.6. The lowest BCUT2D eigenvalue weighted by Gasteiger charge is -2.22. The van der Waals surface area contributed by atoms with Gasteiger partial charge in [-0.3, -0.25) is 4.79 Å². The second-order valence-electron chi connectivity index (χ2n) is 7.63. The number of fused-ring (bicyclic) bond motifs is 1. The number of esters is 1. The maximum atomic E-state index is 12.1. The Kier molecular flexibility index (Phi) is 6.14. The molecule has 0 bridgehead atoms. The zero-order valence-corrected chi connectivity index (χ0v) is 16.8. The van der Waals surface area contributed by atoms with Crippen molar-refractivity contribution in [1.82, 2.24) is 15.0 Å². The van der Waals surface area contributed by atoms with Gasteiger partial charge in [0.2, 0.25) is 0 Å². The molecule has 8 nitrogen and oxygen atoms in total. The Hall–Kier alpha value is -2.97. The highest BCUT2D eigenvalue weighted by molar-refractivity contribution is 5.75. The third-order valence-corrected chi connectivity index (χ3v) is 4.29. The summed E-state index contributed by atoms with van der Waals surface area (Å²) in [5, 5.41) is 28.4. The van der Waals surface area contributed by atoms with Crippen LogP contribution in [0.5, 0.6) is 11.5 Å². The molecule has 0 saturated carbocycles. The summed E-state index contributed by atoms with van der Waals surface area (Å²) in [7, 11) is 0. The number of aromatic nitrogens is 3. The molecule has 0 saturated heterocycles. The van der Waals surface area contributed by atoms with Crippen LogP contribution >= 0.6 is 0 Å². The van der Waals surface area contributed by atoms with Gasteiger partial charge < -0.3 is 19.7 Å². The Labute approximate surface area is 168 Å². The minimum atomic E-state index is -0.474. The molecule has 0 unspecified atom stereocenters. The van der Waals surface area contributed by atoms with Crippen LogP contribution in [0.4, 0.5) is 0 Å². The highest BCUT2D eigenvalue weighted by Gasteiger charge is 2.24. The third kappa shape index (κ3) is 4.90. The average Bonchev–Trinajstić information content (AvgIpc) is 3.09. The molecule has 0 fully saturated rings. The second-order valence-corrected chi connectivity index (χ2v) is 7.63. The van der Waals surface area contributed by atoms with Gasteiger partial charge in [-0.15, -0.1) is 15.0 Å². The fourth-order valence-electron chi connectivity index (χ4n) is 2.85. The number of nitrogens with zero attached hydrogens (tertiary/aromatic N) is 3. The van der Waals surface area contributed by atoms with E-state index in [0.717, 1.165) is 0 Å². The predicted octanol–water partition coefficient (Wildman–Crippen LogP) is 2.73. The van der Waals surface area contributed by atoms with Gasteiger partial charge in [-0.05, 0) is 23.6 Å². The lowest BCUT2D eigenvalue weighted by molar-refractivity contribution is -0.135. The molecule has 3 rings (SSSR count). The van der Waals surface area contributed by atoms with E-state index in [4.69, 9.17) is 14.6 Å². The van der Waals surface area contributed by atoms with Gasteiger partial charge in [0.1, 0.15) is 28.2 Å². The van der Waals surface area contributed by atoms with Gasteiger partial charge in [0.05, 0.1) is 26.2 Å². The second kappa shape index (κ2) is 8.59. The van der Waals surface area contributed by atoms with E-state index in [1.807, 2.05) is 45.0 Å². The van der Waals surface area contributed by atoms with Crippen LogP contribution in [-0.4, -0.2) is 51.0 Å². The molecule has 0 spiro atoms. The molecule has 0 radical (unpaired) electrons. The number of phenols is 1. The van der Waals surface area contributed by atoms with E-state index in [2.05, 4.69) is 10.2 Å². The number of aromatic hydroxyl groups is 1. The zero-order valence-electron chi connectivity index (χ0n) is 16.8. The van der Waals surface area contributed by atoms with Crippen molar-refractivity contribution in [3.8, 4) is 17.2 Å². The normalized spacial score (nSPS) is 11.7. The molecule has 1 heterocycles. The molecule has 29 heavy (non-hydrogen) atoms. The fraction of sp³-hybridized carbons (Fsp3) is 0.381. The SMILES string of the molecule is CC(C)(C)c1cc(OC(=O)CCOCCO)cc(-n2nc3ccccc3n2)c1O. The molecule has 154 valence electrons. The molecule has 2 N–H and O–H groups in total. The van der Waals surface area contributed by atoms with E-state index < -0.39 is 11.4 Å². The minimum Gasteiger partial charge on any atom is -0.505 e. The molecule has 0 aliphatic heterocycles. The van der Waals surface area contributed by atoms with E-state index in [1.165, 1.54) is 10.9 Å². The van der Waals surface area contributed by atoms with Crippen molar-refractivity contribution >= 4 is 17.0 Å². The number of hydrogen-bond acceptors (Lipinski definition) is 7. The topological polar surface area (TPSA) is 107 Å². The Morgan fingerprint density at radius 1 is 1.10 bits per heavy atom. The number of benzene rings is 2. The zero-order chi connectivity index (χ0) is 21.0. The number of carbonyl (C=O) groups excluding carboxylic acids is 1. The molecule has 0 atom stereocenters. The standard InChI is InChI=1S/C21H25N3O5/c1-21(2,3)15-12-14(29-19(26)8-10-28-11-9-25)13-18(20(15)27)24-22-16-6-4-5-7-17(16)23-24/h4-7,12-13,25,27H,8-11H2,1-3H3. The van der Waals surface area contributed by atoms with Gasteiger partial charge in [-0.25, -0.2) is 0 Å². The molecule has 2 aromatic carbocycles. The minimum absolute atomic E-state index is 0.0314. The molecular weight excluding hydrogens is 374 g/mol. The number of ether oxygens (including phenoxy) is 2. The quantitative estimate of drug-likeness (QED) is 0.357. The number of carbonyl (C=O) groups is 1. The molecule has 0 aliphatic rings. The Morgan fingerprint density at radius 2 is 1.76 bits per heavy atom. The first kappa shape index (κ1) is 20.8. The Morgan fingerprint density at radius 3 is 2.34 bits per heavy atom. The van der Waals surface area contributed by atoms with Crippen LogP contribution in [-0.2, 0) is 14.9 Å². The van der Waals surface area contributed by atoms with E-state index in [-0.39, 0.29) is 37.7 Å². The van der Waals surface area contributed by atoms with Gasteiger partial charge in [-0.1, -0.05) is 32.9 Å². The first-order chi connectivity index (χ1) is 13.8. The van der Waals surface area contributed by atoms with Crippen molar-refractivity contribution in [2.45, 2.75) is 32.6 Å².